The summed E-state index contributed by atoms with van der Waals surface area (Å²) in [7, 11) is 0. The fourth-order valence-electron chi connectivity index (χ4n) is 0.459. The predicted octanol–water partition coefficient (Wildman–Crippen LogP) is 3.69. The van der Waals surface area contributed by atoms with E-state index in [0.717, 1.165) is 5.57 Å². The summed E-state index contributed by atoms with van der Waals surface area (Å²) in [5.74, 6) is 0.558. The lowest BCUT2D eigenvalue weighted by Crippen LogP contribution is -1.75. The van der Waals surface area contributed by atoms with Crippen LogP contribution in [-0.2, 0) is 0 Å². The molecule has 0 aliphatic carbocycles. The SMILES string of the molecule is C/C(C#N)=C\C=C/C(C)C.CC. The zero-order valence-electron chi connectivity index (χ0n) is 8.76. The molecule has 0 aromatic carbocycles. The summed E-state index contributed by atoms with van der Waals surface area (Å²) in [6, 6.07) is 2.05. The van der Waals surface area contributed by atoms with Crippen LogP contribution in [-0.4, -0.2) is 0 Å². The molecule has 0 amide bonds. The van der Waals surface area contributed by atoms with Crippen molar-refractivity contribution in [3.8, 4) is 6.07 Å². The molecule has 0 spiro atoms. The van der Waals surface area contributed by atoms with Crippen molar-refractivity contribution in [3.63, 3.8) is 0 Å². The van der Waals surface area contributed by atoms with E-state index in [2.05, 4.69) is 19.9 Å². The van der Waals surface area contributed by atoms with Crippen molar-refractivity contribution in [1.82, 2.24) is 0 Å². The maximum Gasteiger partial charge on any atom is 0.0944 e. The Morgan fingerprint density at radius 1 is 1.33 bits per heavy atom. The molecule has 0 saturated heterocycles. The van der Waals surface area contributed by atoms with E-state index in [-0.39, 0.29) is 0 Å². The summed E-state index contributed by atoms with van der Waals surface area (Å²) in [4.78, 5) is 0. The number of hydrogen-bond donors (Lipinski definition) is 0. The second-order valence-corrected chi connectivity index (χ2v) is 2.59. The highest BCUT2D eigenvalue weighted by atomic mass is 14.2. The monoisotopic (exact) mass is 165 g/mol. The van der Waals surface area contributed by atoms with Crippen LogP contribution in [0.3, 0.4) is 0 Å². The molecular formula is C11H19N. The van der Waals surface area contributed by atoms with E-state index >= 15 is 0 Å². The molecule has 12 heavy (non-hydrogen) atoms. The van der Waals surface area contributed by atoms with Crippen LogP contribution in [0.2, 0.25) is 0 Å². The molecule has 0 radical (unpaired) electrons. The van der Waals surface area contributed by atoms with Crippen LogP contribution >= 0.6 is 0 Å². The first kappa shape index (κ1) is 13.6. The van der Waals surface area contributed by atoms with Crippen LogP contribution in [0.25, 0.3) is 0 Å². The van der Waals surface area contributed by atoms with Crippen LogP contribution in [0.5, 0.6) is 0 Å². The molecule has 0 unspecified atom stereocenters. The van der Waals surface area contributed by atoms with Gasteiger partial charge in [-0.15, -0.1) is 0 Å². The van der Waals surface area contributed by atoms with Crippen LogP contribution in [0, 0.1) is 17.2 Å². The fourth-order valence-corrected chi connectivity index (χ4v) is 0.459. The first-order valence-electron chi connectivity index (χ1n) is 4.42. The Hall–Kier alpha value is -1.03. The minimum absolute atomic E-state index is 0.558. The van der Waals surface area contributed by atoms with E-state index in [0.29, 0.717) is 5.92 Å². The summed E-state index contributed by atoms with van der Waals surface area (Å²) in [5.41, 5.74) is 0.747. The predicted molar refractivity (Wildman–Crippen MR) is 54.7 cm³/mol. The number of allylic oxidation sites excluding steroid dienone is 4. The zero-order valence-corrected chi connectivity index (χ0v) is 8.76. The van der Waals surface area contributed by atoms with E-state index in [1.54, 1.807) is 6.92 Å². The van der Waals surface area contributed by atoms with Gasteiger partial charge in [0.05, 0.1) is 6.07 Å². The number of nitriles is 1. The Balaban J connectivity index is 0. The normalized spacial score (nSPS) is 10.9. The maximum absolute atomic E-state index is 8.35. The van der Waals surface area contributed by atoms with Crippen molar-refractivity contribution >= 4 is 0 Å². The Kier molecular flexibility index (Phi) is 11.3. The van der Waals surface area contributed by atoms with Crippen molar-refractivity contribution in [2.75, 3.05) is 0 Å². The molecule has 0 bridgehead atoms. The number of hydrogen-bond acceptors (Lipinski definition) is 1. The molecule has 0 aromatic heterocycles. The molecule has 68 valence electrons. The largest absolute Gasteiger partial charge is 0.193 e. The Labute approximate surface area is 76.4 Å². The molecule has 0 aliphatic heterocycles. The van der Waals surface area contributed by atoms with Crippen molar-refractivity contribution in [1.29, 1.82) is 5.26 Å². The summed E-state index contributed by atoms with van der Waals surface area (Å²) in [5, 5.41) is 8.35. The minimum Gasteiger partial charge on any atom is -0.193 e. The molecular weight excluding hydrogens is 146 g/mol. The standard InChI is InChI=1S/C9H13N.C2H6/c1-8(2)5-4-6-9(3)7-10;1-2/h4-6,8H,1-3H3;1-2H3/b5-4-,9-6+;. The lowest BCUT2D eigenvalue weighted by Gasteiger charge is -1.89. The smallest absolute Gasteiger partial charge is 0.0944 e. The summed E-state index contributed by atoms with van der Waals surface area (Å²) in [6.45, 7) is 10.0. The van der Waals surface area contributed by atoms with Crippen LogP contribution < -0.4 is 0 Å². The molecule has 0 heterocycles. The average molecular weight is 165 g/mol. The first-order valence-corrected chi connectivity index (χ1v) is 4.42. The van der Waals surface area contributed by atoms with Gasteiger partial charge in [-0.2, -0.15) is 5.26 Å². The van der Waals surface area contributed by atoms with E-state index in [1.807, 2.05) is 32.1 Å². The van der Waals surface area contributed by atoms with E-state index in [4.69, 9.17) is 5.26 Å². The molecule has 0 fully saturated rings. The third kappa shape index (κ3) is 11.7. The maximum atomic E-state index is 8.35. The topological polar surface area (TPSA) is 23.8 Å². The van der Waals surface area contributed by atoms with Crippen molar-refractivity contribution in [2.45, 2.75) is 34.6 Å². The van der Waals surface area contributed by atoms with Gasteiger partial charge in [0.1, 0.15) is 0 Å². The van der Waals surface area contributed by atoms with Gasteiger partial charge in [0.25, 0.3) is 0 Å². The molecule has 0 atom stereocenters. The van der Waals surface area contributed by atoms with Crippen molar-refractivity contribution in [2.24, 2.45) is 5.92 Å². The highest BCUT2D eigenvalue weighted by Crippen LogP contribution is 1.95. The van der Waals surface area contributed by atoms with Crippen molar-refractivity contribution in [3.05, 3.63) is 23.8 Å². The highest BCUT2D eigenvalue weighted by molar-refractivity contribution is 5.22. The van der Waals surface area contributed by atoms with Gasteiger partial charge < -0.3 is 0 Å². The Morgan fingerprint density at radius 2 is 1.83 bits per heavy atom. The second-order valence-electron chi connectivity index (χ2n) is 2.59. The van der Waals surface area contributed by atoms with E-state index in [1.165, 1.54) is 0 Å². The minimum atomic E-state index is 0.558. The van der Waals surface area contributed by atoms with Gasteiger partial charge in [0.2, 0.25) is 0 Å². The third-order valence-corrected chi connectivity index (χ3v) is 1.02. The molecule has 0 aromatic rings. The van der Waals surface area contributed by atoms with Gasteiger partial charge in [-0.25, -0.2) is 0 Å². The molecule has 0 rings (SSSR count). The van der Waals surface area contributed by atoms with Gasteiger partial charge in [0, 0.05) is 5.57 Å². The molecule has 1 nitrogen and oxygen atoms in total. The highest BCUT2D eigenvalue weighted by Gasteiger charge is 1.81. The summed E-state index contributed by atoms with van der Waals surface area (Å²) in [6.07, 6.45) is 5.80. The second kappa shape index (κ2) is 9.97. The molecule has 1 heteroatoms. The summed E-state index contributed by atoms with van der Waals surface area (Å²) < 4.78 is 0. The van der Waals surface area contributed by atoms with E-state index in [9.17, 15) is 0 Å². The van der Waals surface area contributed by atoms with Gasteiger partial charge in [-0.3, -0.25) is 0 Å². The van der Waals surface area contributed by atoms with Crippen LogP contribution in [0.4, 0.5) is 0 Å². The number of rotatable bonds is 2. The molecule has 0 aliphatic rings. The van der Waals surface area contributed by atoms with E-state index < -0.39 is 0 Å². The van der Waals surface area contributed by atoms with Gasteiger partial charge in [0.15, 0.2) is 0 Å². The van der Waals surface area contributed by atoms with Gasteiger partial charge in [-0.05, 0) is 18.9 Å². The summed E-state index contributed by atoms with van der Waals surface area (Å²) >= 11 is 0. The first-order chi connectivity index (χ1) is 5.66. The lowest BCUT2D eigenvalue weighted by atomic mass is 10.2. The lowest BCUT2D eigenvalue weighted by molar-refractivity contribution is 0.832. The van der Waals surface area contributed by atoms with Gasteiger partial charge in [-0.1, -0.05) is 39.8 Å². The third-order valence-electron chi connectivity index (χ3n) is 1.02. The van der Waals surface area contributed by atoms with Crippen molar-refractivity contribution < 1.29 is 0 Å². The quantitative estimate of drug-likeness (QED) is 0.452. The zero-order chi connectivity index (χ0) is 9.98. The molecule has 0 saturated carbocycles. The van der Waals surface area contributed by atoms with Gasteiger partial charge >= 0.3 is 0 Å². The Bertz CT molecular complexity index is 180. The average Bonchev–Trinajstić information content (AvgIpc) is 2.07. The van der Waals surface area contributed by atoms with Crippen LogP contribution in [0.15, 0.2) is 23.8 Å². The number of nitrogens with zero attached hydrogens (tertiary/aromatic N) is 1. The fraction of sp³-hybridized carbons (Fsp3) is 0.545. The molecule has 0 N–H and O–H groups in total. The van der Waals surface area contributed by atoms with Crippen LogP contribution in [0.1, 0.15) is 34.6 Å². The Morgan fingerprint density at radius 3 is 2.17 bits per heavy atom.